The van der Waals surface area contributed by atoms with Gasteiger partial charge in [0.1, 0.15) is 12.4 Å². The van der Waals surface area contributed by atoms with E-state index in [2.05, 4.69) is 10.6 Å². The van der Waals surface area contributed by atoms with Gasteiger partial charge in [0, 0.05) is 18.6 Å². The molecular weight excluding hydrogens is 268 g/mol. The van der Waals surface area contributed by atoms with Gasteiger partial charge in [0.25, 0.3) is 0 Å². The van der Waals surface area contributed by atoms with Crippen LogP contribution in [0.4, 0.5) is 4.79 Å². The number of aryl methyl sites for hydroxylation is 1. The Morgan fingerprint density at radius 3 is 2.76 bits per heavy atom. The van der Waals surface area contributed by atoms with Crippen LogP contribution in [0.5, 0.6) is 5.75 Å². The molecule has 0 aromatic heterocycles. The minimum absolute atomic E-state index is 0.000155. The highest BCUT2D eigenvalue weighted by Crippen LogP contribution is 2.16. The number of amides is 2. The zero-order chi connectivity index (χ0) is 15.1. The summed E-state index contributed by atoms with van der Waals surface area (Å²) in [6.45, 7) is 3.02. The standard InChI is InChI=1S/C16H22N2O3/c1-12-2-6-15(7-3-12)21-9-8-17-16(20)18-14-5-4-13(10-14)11-19/h2-7,13-14,19H,8-11H2,1H3,(H2,17,18,20)/t13-,14+/m0/s1. The molecule has 0 bridgehead atoms. The Kier molecular flexibility index (Phi) is 5.63. The van der Waals surface area contributed by atoms with Crippen molar-refractivity contribution in [2.75, 3.05) is 19.8 Å². The van der Waals surface area contributed by atoms with Gasteiger partial charge in [-0.15, -0.1) is 0 Å². The van der Waals surface area contributed by atoms with Crippen LogP contribution in [0.15, 0.2) is 36.4 Å². The molecule has 1 aliphatic carbocycles. The van der Waals surface area contributed by atoms with Crippen LogP contribution in [-0.4, -0.2) is 36.9 Å². The fourth-order valence-corrected chi connectivity index (χ4v) is 2.20. The van der Waals surface area contributed by atoms with Crippen molar-refractivity contribution in [3.63, 3.8) is 0 Å². The molecule has 0 heterocycles. The second-order valence-electron chi connectivity index (χ2n) is 5.23. The second kappa shape index (κ2) is 7.69. The summed E-state index contributed by atoms with van der Waals surface area (Å²) in [6, 6.07) is 7.58. The highest BCUT2D eigenvalue weighted by molar-refractivity contribution is 5.74. The molecule has 0 spiro atoms. The third kappa shape index (κ3) is 5.11. The molecule has 1 aromatic rings. The molecule has 0 unspecified atom stereocenters. The van der Waals surface area contributed by atoms with Crippen LogP contribution in [0.25, 0.3) is 0 Å². The number of urea groups is 1. The van der Waals surface area contributed by atoms with E-state index in [9.17, 15) is 4.79 Å². The quantitative estimate of drug-likeness (QED) is 0.550. The van der Waals surface area contributed by atoms with Crippen LogP contribution in [0.2, 0.25) is 0 Å². The van der Waals surface area contributed by atoms with Gasteiger partial charge in [0.05, 0.1) is 6.54 Å². The van der Waals surface area contributed by atoms with Crippen molar-refractivity contribution in [3.05, 3.63) is 42.0 Å². The molecule has 0 saturated carbocycles. The number of carbonyl (C=O) groups is 1. The summed E-state index contributed by atoms with van der Waals surface area (Å²) in [4.78, 5) is 11.7. The van der Waals surface area contributed by atoms with E-state index in [1.165, 1.54) is 5.56 Å². The summed E-state index contributed by atoms with van der Waals surface area (Å²) in [7, 11) is 0. The lowest BCUT2D eigenvalue weighted by atomic mass is 10.1. The van der Waals surface area contributed by atoms with Crippen molar-refractivity contribution >= 4 is 6.03 Å². The number of ether oxygens (including phenoxy) is 1. The van der Waals surface area contributed by atoms with E-state index in [0.717, 1.165) is 12.2 Å². The maximum Gasteiger partial charge on any atom is 0.315 e. The average Bonchev–Trinajstić information content (AvgIpc) is 2.93. The van der Waals surface area contributed by atoms with Crippen molar-refractivity contribution in [2.45, 2.75) is 19.4 Å². The van der Waals surface area contributed by atoms with Crippen molar-refractivity contribution in [3.8, 4) is 5.75 Å². The van der Waals surface area contributed by atoms with E-state index in [1.54, 1.807) is 0 Å². The van der Waals surface area contributed by atoms with Crippen molar-refractivity contribution < 1.29 is 14.6 Å². The van der Waals surface area contributed by atoms with Crippen LogP contribution in [0, 0.1) is 12.8 Å². The Hall–Kier alpha value is -2.01. The molecule has 2 rings (SSSR count). The molecule has 114 valence electrons. The first-order chi connectivity index (χ1) is 10.2. The second-order valence-corrected chi connectivity index (χ2v) is 5.23. The maximum absolute atomic E-state index is 11.7. The molecule has 5 nitrogen and oxygen atoms in total. The predicted octanol–water partition coefficient (Wildman–Crippen LogP) is 1.61. The molecule has 5 heteroatoms. The first-order valence-electron chi connectivity index (χ1n) is 7.20. The van der Waals surface area contributed by atoms with E-state index in [-0.39, 0.29) is 24.6 Å². The van der Waals surface area contributed by atoms with E-state index < -0.39 is 0 Å². The number of aliphatic hydroxyl groups excluding tert-OH is 1. The summed E-state index contributed by atoms with van der Waals surface area (Å²) in [5, 5.41) is 14.6. The summed E-state index contributed by atoms with van der Waals surface area (Å²) >= 11 is 0. The molecule has 1 aromatic carbocycles. The maximum atomic E-state index is 11.7. The fraction of sp³-hybridized carbons (Fsp3) is 0.438. The van der Waals surface area contributed by atoms with E-state index >= 15 is 0 Å². The predicted molar refractivity (Wildman–Crippen MR) is 81.3 cm³/mol. The lowest BCUT2D eigenvalue weighted by molar-refractivity contribution is 0.228. The number of rotatable bonds is 6. The number of carbonyl (C=O) groups excluding carboxylic acids is 1. The van der Waals surface area contributed by atoms with Gasteiger partial charge in [-0.25, -0.2) is 4.79 Å². The Morgan fingerprint density at radius 1 is 1.33 bits per heavy atom. The smallest absolute Gasteiger partial charge is 0.315 e. The average molecular weight is 290 g/mol. The molecule has 2 atom stereocenters. The third-order valence-electron chi connectivity index (χ3n) is 3.40. The van der Waals surface area contributed by atoms with Gasteiger partial charge in [-0.3, -0.25) is 0 Å². The molecular formula is C16H22N2O3. The molecule has 3 N–H and O–H groups in total. The van der Waals surface area contributed by atoms with Crippen molar-refractivity contribution in [1.82, 2.24) is 10.6 Å². The molecule has 0 aliphatic heterocycles. The van der Waals surface area contributed by atoms with Crippen LogP contribution in [-0.2, 0) is 0 Å². The lowest BCUT2D eigenvalue weighted by Crippen LogP contribution is -2.42. The number of hydrogen-bond acceptors (Lipinski definition) is 3. The Labute approximate surface area is 125 Å². The Bertz CT molecular complexity index is 485. The van der Waals surface area contributed by atoms with Crippen LogP contribution >= 0.6 is 0 Å². The molecule has 0 saturated heterocycles. The Balaban J connectivity index is 1.59. The number of nitrogens with one attached hydrogen (secondary N) is 2. The SMILES string of the molecule is Cc1ccc(OCCNC(=O)N[C@@H]2C=C[C@H](CO)C2)cc1. The summed E-state index contributed by atoms with van der Waals surface area (Å²) in [5.74, 6) is 0.951. The van der Waals surface area contributed by atoms with Crippen molar-refractivity contribution in [2.24, 2.45) is 5.92 Å². The van der Waals surface area contributed by atoms with Crippen molar-refractivity contribution in [1.29, 1.82) is 0 Å². The van der Waals surface area contributed by atoms with E-state index in [1.807, 2.05) is 43.3 Å². The topological polar surface area (TPSA) is 70.6 Å². The van der Waals surface area contributed by atoms with Crippen LogP contribution < -0.4 is 15.4 Å². The third-order valence-corrected chi connectivity index (χ3v) is 3.40. The summed E-state index contributed by atoms with van der Waals surface area (Å²) in [5.41, 5.74) is 1.19. The Morgan fingerprint density at radius 2 is 2.10 bits per heavy atom. The molecule has 2 amide bonds. The van der Waals surface area contributed by atoms with Gasteiger partial charge >= 0.3 is 6.03 Å². The number of hydrogen-bond donors (Lipinski definition) is 3. The first kappa shape index (κ1) is 15.4. The van der Waals surface area contributed by atoms with Gasteiger partial charge in [-0.1, -0.05) is 29.8 Å². The van der Waals surface area contributed by atoms with E-state index in [4.69, 9.17) is 9.84 Å². The summed E-state index contributed by atoms with van der Waals surface area (Å²) < 4.78 is 5.53. The van der Waals surface area contributed by atoms with Gasteiger partial charge in [0.2, 0.25) is 0 Å². The zero-order valence-electron chi connectivity index (χ0n) is 12.2. The highest BCUT2D eigenvalue weighted by Gasteiger charge is 2.19. The minimum Gasteiger partial charge on any atom is -0.492 e. The van der Waals surface area contributed by atoms with E-state index in [0.29, 0.717) is 13.2 Å². The van der Waals surface area contributed by atoms with Gasteiger partial charge < -0.3 is 20.5 Å². The van der Waals surface area contributed by atoms with Gasteiger partial charge in [-0.2, -0.15) is 0 Å². The number of aliphatic hydroxyl groups is 1. The van der Waals surface area contributed by atoms with Crippen LogP contribution in [0.3, 0.4) is 0 Å². The number of benzene rings is 1. The largest absolute Gasteiger partial charge is 0.492 e. The monoisotopic (exact) mass is 290 g/mol. The lowest BCUT2D eigenvalue weighted by Gasteiger charge is -2.14. The molecule has 0 fully saturated rings. The van der Waals surface area contributed by atoms with Gasteiger partial charge in [-0.05, 0) is 25.5 Å². The first-order valence-corrected chi connectivity index (χ1v) is 7.20. The normalized spacial score (nSPS) is 20.3. The highest BCUT2D eigenvalue weighted by atomic mass is 16.5. The zero-order valence-corrected chi connectivity index (χ0v) is 12.2. The minimum atomic E-state index is -0.212. The molecule has 0 radical (unpaired) electrons. The van der Waals surface area contributed by atoms with Crippen LogP contribution in [0.1, 0.15) is 12.0 Å². The molecule has 21 heavy (non-hydrogen) atoms. The fourth-order valence-electron chi connectivity index (χ4n) is 2.20. The van der Waals surface area contributed by atoms with Gasteiger partial charge in [0.15, 0.2) is 0 Å². The molecule has 1 aliphatic rings. The summed E-state index contributed by atoms with van der Waals surface area (Å²) in [6.07, 6.45) is 4.61.